The number of rotatable bonds is 5. The Kier molecular flexibility index (Phi) is 6.28. The number of ether oxygens (including phenoxy) is 1. The predicted molar refractivity (Wildman–Crippen MR) is 119 cm³/mol. The first-order valence-electron chi connectivity index (χ1n) is 10.1. The number of hydrogen-bond acceptors (Lipinski definition) is 7. The Morgan fingerprint density at radius 3 is 2.43 bits per heavy atom. The van der Waals surface area contributed by atoms with Gasteiger partial charge in [0, 0.05) is 30.9 Å². The molecule has 0 unspecified atom stereocenters. The molecule has 2 N–H and O–H groups in total. The summed E-state index contributed by atoms with van der Waals surface area (Å²) in [6.45, 7) is 1.31. The van der Waals surface area contributed by atoms with E-state index in [0.29, 0.717) is 22.5 Å². The summed E-state index contributed by atoms with van der Waals surface area (Å²) in [4.78, 5) is 32.3. The second-order valence-electron chi connectivity index (χ2n) is 7.33. The summed E-state index contributed by atoms with van der Waals surface area (Å²) in [6.07, 6.45) is -3.15. The summed E-state index contributed by atoms with van der Waals surface area (Å²) in [5, 5.41) is 12.7. The Balaban J connectivity index is 1.52. The van der Waals surface area contributed by atoms with E-state index in [-0.39, 0.29) is 28.7 Å². The molecule has 12 heteroatoms. The van der Waals surface area contributed by atoms with Crippen LogP contribution in [0.5, 0.6) is 11.5 Å². The highest BCUT2D eigenvalue weighted by molar-refractivity contribution is 6.03. The second-order valence-corrected chi connectivity index (χ2v) is 7.33. The minimum Gasteiger partial charge on any atom is -0.457 e. The first-order chi connectivity index (χ1) is 16.6. The van der Waals surface area contributed by atoms with Crippen LogP contribution < -0.4 is 15.4 Å². The van der Waals surface area contributed by atoms with E-state index < -0.39 is 17.6 Å². The molecule has 35 heavy (non-hydrogen) atoms. The van der Waals surface area contributed by atoms with Gasteiger partial charge >= 0.3 is 6.18 Å². The number of alkyl halides is 3. The third-order valence-corrected chi connectivity index (χ3v) is 4.88. The molecule has 0 aliphatic heterocycles. The fourth-order valence-corrected chi connectivity index (χ4v) is 3.14. The predicted octanol–water partition coefficient (Wildman–Crippen LogP) is 4.15. The lowest BCUT2D eigenvalue weighted by Crippen LogP contribution is -2.18. The van der Waals surface area contributed by atoms with Gasteiger partial charge in [0.1, 0.15) is 22.7 Å². The van der Waals surface area contributed by atoms with Crippen molar-refractivity contribution in [3.8, 4) is 11.5 Å². The van der Waals surface area contributed by atoms with Crippen molar-refractivity contribution in [3.05, 3.63) is 77.1 Å². The highest BCUT2D eigenvalue weighted by Gasteiger charge is 2.33. The molecule has 9 nitrogen and oxygen atoms in total. The smallest absolute Gasteiger partial charge is 0.416 e. The van der Waals surface area contributed by atoms with Crippen molar-refractivity contribution in [2.24, 2.45) is 0 Å². The number of halogens is 3. The van der Waals surface area contributed by atoms with Crippen LogP contribution in [0, 0.1) is 6.92 Å². The molecule has 2 aromatic heterocycles. The number of amides is 2. The molecule has 178 valence electrons. The van der Waals surface area contributed by atoms with Crippen LogP contribution in [0.4, 0.5) is 19.1 Å². The van der Waals surface area contributed by atoms with Crippen molar-refractivity contribution in [1.29, 1.82) is 0 Å². The minimum atomic E-state index is -4.58. The summed E-state index contributed by atoms with van der Waals surface area (Å²) >= 11 is 0. The molecule has 2 aromatic carbocycles. The number of nitrogens with one attached hydrogen (secondary N) is 2. The van der Waals surface area contributed by atoms with E-state index in [0.717, 1.165) is 6.07 Å². The number of pyridine rings is 1. The average Bonchev–Trinajstić information content (AvgIpc) is 2.83. The van der Waals surface area contributed by atoms with Gasteiger partial charge in [0.2, 0.25) is 5.95 Å². The van der Waals surface area contributed by atoms with Gasteiger partial charge in [-0.1, -0.05) is 6.07 Å². The standard InChI is InChI=1S/C23H17F3N6O3/c1-12-3-4-13(9-16(12)23(24,25)26)20(33)30-22-29-17-6-5-14(10-18(17)31-32-22)35-15-7-8-28-19(11-15)21(34)27-2/h3-11H,1-2H3,(H,27,34)(H,29,30,32,33). The summed E-state index contributed by atoms with van der Waals surface area (Å²) in [5.74, 6) is -0.576. The molecular formula is C23H17F3N6O3. The Hall–Kier alpha value is -4.61. The van der Waals surface area contributed by atoms with Crippen molar-refractivity contribution in [2.75, 3.05) is 12.4 Å². The molecule has 0 bridgehead atoms. The first-order valence-corrected chi connectivity index (χ1v) is 10.1. The van der Waals surface area contributed by atoms with E-state index in [1.807, 2.05) is 0 Å². The van der Waals surface area contributed by atoms with Gasteiger partial charge in [0.25, 0.3) is 11.8 Å². The Morgan fingerprint density at radius 1 is 0.914 bits per heavy atom. The van der Waals surface area contributed by atoms with Gasteiger partial charge in [0.05, 0.1) is 11.1 Å². The number of nitrogens with zero attached hydrogens (tertiary/aromatic N) is 4. The minimum absolute atomic E-state index is 0.00677. The number of carbonyl (C=O) groups is 2. The number of hydrogen-bond donors (Lipinski definition) is 2. The Labute approximate surface area is 196 Å². The van der Waals surface area contributed by atoms with E-state index in [4.69, 9.17) is 4.74 Å². The van der Waals surface area contributed by atoms with E-state index in [9.17, 15) is 22.8 Å². The number of aryl methyl sites for hydroxylation is 1. The van der Waals surface area contributed by atoms with Gasteiger partial charge < -0.3 is 10.1 Å². The zero-order valence-corrected chi connectivity index (χ0v) is 18.3. The highest BCUT2D eigenvalue weighted by atomic mass is 19.4. The molecule has 2 amide bonds. The van der Waals surface area contributed by atoms with Gasteiger partial charge in [-0.3, -0.25) is 19.9 Å². The summed E-state index contributed by atoms with van der Waals surface area (Å²) in [7, 11) is 1.49. The molecule has 4 aromatic rings. The maximum Gasteiger partial charge on any atom is 0.416 e. The summed E-state index contributed by atoms with van der Waals surface area (Å²) in [6, 6.07) is 11.1. The second kappa shape index (κ2) is 9.33. The zero-order chi connectivity index (χ0) is 25.2. The number of carbonyl (C=O) groups excluding carboxylic acids is 2. The fraction of sp³-hybridized carbons (Fsp3) is 0.130. The molecule has 0 saturated heterocycles. The van der Waals surface area contributed by atoms with Crippen LogP contribution in [0.25, 0.3) is 11.0 Å². The maximum absolute atomic E-state index is 13.1. The number of benzene rings is 2. The first kappa shape index (κ1) is 23.5. The summed E-state index contributed by atoms with van der Waals surface area (Å²) in [5.41, 5.74) is -0.189. The SMILES string of the molecule is CNC(=O)c1cc(Oc2ccc3nc(NC(=O)c4ccc(C)c(C(F)(F)F)c4)nnc3c2)ccn1. The van der Waals surface area contributed by atoms with Gasteiger partial charge in [-0.05, 0) is 42.8 Å². The monoisotopic (exact) mass is 482 g/mol. The van der Waals surface area contributed by atoms with Crippen molar-refractivity contribution < 1.29 is 27.5 Å². The topological polar surface area (TPSA) is 119 Å². The van der Waals surface area contributed by atoms with Crippen LogP contribution in [-0.2, 0) is 6.18 Å². The number of fused-ring (bicyclic) bond motifs is 1. The quantitative estimate of drug-likeness (QED) is 0.439. The molecule has 0 fully saturated rings. The maximum atomic E-state index is 13.1. The van der Waals surface area contributed by atoms with Crippen LogP contribution in [0.15, 0.2) is 54.7 Å². The molecule has 0 radical (unpaired) electrons. The number of aromatic nitrogens is 4. The van der Waals surface area contributed by atoms with Crippen LogP contribution in [0.2, 0.25) is 0 Å². The van der Waals surface area contributed by atoms with E-state index in [2.05, 4.69) is 30.8 Å². The lowest BCUT2D eigenvalue weighted by molar-refractivity contribution is -0.138. The van der Waals surface area contributed by atoms with E-state index in [1.54, 1.807) is 24.3 Å². The average molecular weight is 482 g/mol. The highest BCUT2D eigenvalue weighted by Crippen LogP contribution is 2.32. The zero-order valence-electron chi connectivity index (χ0n) is 18.3. The molecule has 0 aliphatic carbocycles. The molecule has 0 aliphatic rings. The summed E-state index contributed by atoms with van der Waals surface area (Å²) < 4.78 is 45.2. The van der Waals surface area contributed by atoms with Crippen LogP contribution in [0.3, 0.4) is 0 Å². The fourth-order valence-electron chi connectivity index (χ4n) is 3.14. The van der Waals surface area contributed by atoms with Crippen molar-refractivity contribution in [3.63, 3.8) is 0 Å². The van der Waals surface area contributed by atoms with Gasteiger partial charge in [0.15, 0.2) is 0 Å². The van der Waals surface area contributed by atoms with Crippen molar-refractivity contribution in [1.82, 2.24) is 25.5 Å². The van der Waals surface area contributed by atoms with Gasteiger partial charge in [-0.2, -0.15) is 13.2 Å². The van der Waals surface area contributed by atoms with E-state index >= 15 is 0 Å². The van der Waals surface area contributed by atoms with Crippen molar-refractivity contribution in [2.45, 2.75) is 13.1 Å². The van der Waals surface area contributed by atoms with Crippen molar-refractivity contribution >= 4 is 28.8 Å². The Bertz CT molecular complexity index is 1440. The molecular weight excluding hydrogens is 465 g/mol. The molecule has 2 heterocycles. The van der Waals surface area contributed by atoms with Crippen LogP contribution in [-0.4, -0.2) is 39.0 Å². The molecule has 0 atom stereocenters. The number of anilines is 1. The lowest BCUT2D eigenvalue weighted by Gasteiger charge is -2.12. The largest absolute Gasteiger partial charge is 0.457 e. The lowest BCUT2D eigenvalue weighted by atomic mass is 10.0. The third kappa shape index (κ3) is 5.32. The third-order valence-electron chi connectivity index (χ3n) is 4.88. The van der Waals surface area contributed by atoms with E-state index in [1.165, 1.54) is 38.4 Å². The van der Waals surface area contributed by atoms with Gasteiger partial charge in [-0.25, -0.2) is 4.98 Å². The van der Waals surface area contributed by atoms with Gasteiger partial charge in [-0.15, -0.1) is 10.2 Å². The molecule has 4 rings (SSSR count). The normalized spacial score (nSPS) is 11.2. The molecule has 0 saturated carbocycles. The van der Waals surface area contributed by atoms with Crippen LogP contribution >= 0.6 is 0 Å². The Morgan fingerprint density at radius 2 is 1.69 bits per heavy atom. The van der Waals surface area contributed by atoms with Crippen LogP contribution in [0.1, 0.15) is 32.0 Å². The molecule has 0 spiro atoms.